The van der Waals surface area contributed by atoms with E-state index in [0.717, 1.165) is 17.8 Å². The average molecular weight is 194 g/mol. The van der Waals surface area contributed by atoms with Crippen LogP contribution in [0.4, 0.5) is 0 Å². The number of hydrogen-bond acceptors (Lipinski definition) is 1. The van der Waals surface area contributed by atoms with Crippen molar-refractivity contribution in [3.8, 4) is 0 Å². The van der Waals surface area contributed by atoms with E-state index in [0.29, 0.717) is 17.4 Å². The largest absolute Gasteiger partial charge is 0.396 e. The monoisotopic (exact) mass is 194 g/mol. The van der Waals surface area contributed by atoms with E-state index in [4.69, 9.17) is 0 Å². The van der Waals surface area contributed by atoms with Crippen molar-refractivity contribution >= 4 is 0 Å². The molecule has 1 heteroatoms. The highest BCUT2D eigenvalue weighted by Crippen LogP contribution is 2.72. The second-order valence-corrected chi connectivity index (χ2v) is 6.66. The molecule has 0 spiro atoms. The Labute approximate surface area is 86.9 Å². The van der Waals surface area contributed by atoms with E-state index in [1.165, 1.54) is 32.1 Å². The van der Waals surface area contributed by atoms with Crippen LogP contribution in [0.5, 0.6) is 0 Å². The molecule has 3 aliphatic carbocycles. The summed E-state index contributed by atoms with van der Waals surface area (Å²) in [5.41, 5.74) is 0.754. The van der Waals surface area contributed by atoms with Gasteiger partial charge in [0.25, 0.3) is 0 Å². The SMILES string of the molecule is CC1(C)CC1(CO)C1CC2CCC1C2. The molecular formula is C13H22O. The zero-order valence-corrected chi connectivity index (χ0v) is 9.42. The first-order valence-electron chi connectivity index (χ1n) is 6.20. The molecule has 80 valence electrons. The molecule has 3 saturated carbocycles. The van der Waals surface area contributed by atoms with Gasteiger partial charge in [0.05, 0.1) is 0 Å². The molecule has 2 bridgehead atoms. The van der Waals surface area contributed by atoms with E-state index < -0.39 is 0 Å². The van der Waals surface area contributed by atoms with Crippen molar-refractivity contribution < 1.29 is 5.11 Å². The minimum absolute atomic E-state index is 0.326. The van der Waals surface area contributed by atoms with Crippen LogP contribution in [0.3, 0.4) is 0 Å². The minimum atomic E-state index is 0.326. The first-order chi connectivity index (χ1) is 6.59. The summed E-state index contributed by atoms with van der Waals surface area (Å²) in [5, 5.41) is 9.68. The highest BCUT2D eigenvalue weighted by molar-refractivity contribution is 5.16. The molecular weight excluding hydrogens is 172 g/mol. The first kappa shape index (κ1) is 9.21. The Hall–Kier alpha value is -0.0400. The third kappa shape index (κ3) is 0.946. The van der Waals surface area contributed by atoms with Crippen LogP contribution < -0.4 is 0 Å². The summed E-state index contributed by atoms with van der Waals surface area (Å²) in [6.45, 7) is 5.12. The van der Waals surface area contributed by atoms with Gasteiger partial charge in [-0.25, -0.2) is 0 Å². The zero-order chi connectivity index (χ0) is 9.97. The lowest BCUT2D eigenvalue weighted by atomic mass is 9.74. The molecule has 3 aliphatic rings. The molecule has 0 radical (unpaired) electrons. The van der Waals surface area contributed by atoms with Crippen molar-refractivity contribution in [1.29, 1.82) is 0 Å². The van der Waals surface area contributed by atoms with E-state index in [1.54, 1.807) is 0 Å². The van der Waals surface area contributed by atoms with Gasteiger partial charge in [-0.05, 0) is 48.9 Å². The molecule has 1 N–H and O–H groups in total. The molecule has 0 aliphatic heterocycles. The second-order valence-electron chi connectivity index (χ2n) is 6.66. The van der Waals surface area contributed by atoms with Crippen molar-refractivity contribution in [2.24, 2.45) is 28.6 Å². The molecule has 0 aromatic heterocycles. The van der Waals surface area contributed by atoms with Crippen LogP contribution in [0.15, 0.2) is 0 Å². The number of aliphatic hydroxyl groups excluding tert-OH is 1. The molecule has 0 amide bonds. The van der Waals surface area contributed by atoms with E-state index in [9.17, 15) is 5.11 Å². The van der Waals surface area contributed by atoms with Crippen LogP contribution >= 0.6 is 0 Å². The van der Waals surface area contributed by atoms with Gasteiger partial charge < -0.3 is 5.11 Å². The van der Waals surface area contributed by atoms with Gasteiger partial charge >= 0.3 is 0 Å². The Kier molecular flexibility index (Phi) is 1.68. The fourth-order valence-corrected chi connectivity index (χ4v) is 4.69. The lowest BCUT2D eigenvalue weighted by Gasteiger charge is -2.32. The van der Waals surface area contributed by atoms with Gasteiger partial charge in [-0.3, -0.25) is 0 Å². The summed E-state index contributed by atoms with van der Waals surface area (Å²) >= 11 is 0. The summed E-state index contributed by atoms with van der Waals surface area (Å²) in [4.78, 5) is 0. The van der Waals surface area contributed by atoms with Crippen molar-refractivity contribution in [3.05, 3.63) is 0 Å². The maximum atomic E-state index is 9.68. The fraction of sp³-hybridized carbons (Fsp3) is 1.00. The number of hydrogen-bond donors (Lipinski definition) is 1. The maximum Gasteiger partial charge on any atom is 0.0495 e. The van der Waals surface area contributed by atoms with Crippen LogP contribution in [0.2, 0.25) is 0 Å². The van der Waals surface area contributed by atoms with Crippen molar-refractivity contribution in [3.63, 3.8) is 0 Å². The third-order valence-corrected chi connectivity index (χ3v) is 5.71. The van der Waals surface area contributed by atoms with Crippen LogP contribution in [-0.4, -0.2) is 11.7 Å². The Morgan fingerprint density at radius 1 is 1.21 bits per heavy atom. The molecule has 14 heavy (non-hydrogen) atoms. The highest BCUT2D eigenvalue weighted by atomic mass is 16.3. The van der Waals surface area contributed by atoms with E-state index >= 15 is 0 Å². The molecule has 4 atom stereocenters. The first-order valence-corrected chi connectivity index (χ1v) is 6.20. The number of fused-ring (bicyclic) bond motifs is 2. The summed E-state index contributed by atoms with van der Waals surface area (Å²) in [5.74, 6) is 2.85. The van der Waals surface area contributed by atoms with Gasteiger partial charge in [0.2, 0.25) is 0 Å². The number of aliphatic hydroxyl groups is 1. The predicted octanol–water partition coefficient (Wildman–Crippen LogP) is 2.83. The third-order valence-electron chi connectivity index (χ3n) is 5.71. The molecule has 1 nitrogen and oxygen atoms in total. The maximum absolute atomic E-state index is 9.68. The molecule has 0 aromatic rings. The summed E-state index contributed by atoms with van der Waals surface area (Å²) in [6, 6.07) is 0. The standard InChI is InChI=1S/C13H22O/c1-12(2)7-13(12,8-14)11-6-9-3-4-10(11)5-9/h9-11,14H,3-8H2,1-2H3. The van der Waals surface area contributed by atoms with Crippen LogP contribution in [0.25, 0.3) is 0 Å². The Morgan fingerprint density at radius 2 is 1.93 bits per heavy atom. The molecule has 0 saturated heterocycles. The van der Waals surface area contributed by atoms with Crippen molar-refractivity contribution in [1.82, 2.24) is 0 Å². The van der Waals surface area contributed by atoms with Crippen LogP contribution in [-0.2, 0) is 0 Å². The van der Waals surface area contributed by atoms with Gasteiger partial charge in [0.15, 0.2) is 0 Å². The summed E-state index contributed by atoms with van der Waals surface area (Å²) in [7, 11) is 0. The second kappa shape index (κ2) is 2.55. The Bertz CT molecular complexity index is 258. The molecule has 0 heterocycles. The molecule has 3 fully saturated rings. The Balaban J connectivity index is 1.83. The molecule has 3 rings (SSSR count). The lowest BCUT2D eigenvalue weighted by molar-refractivity contribution is 0.0871. The summed E-state index contributed by atoms with van der Waals surface area (Å²) < 4.78 is 0. The normalized spacial score (nSPS) is 53.8. The van der Waals surface area contributed by atoms with E-state index in [-0.39, 0.29) is 0 Å². The average Bonchev–Trinajstić information content (AvgIpc) is 2.62. The van der Waals surface area contributed by atoms with Crippen LogP contribution in [0.1, 0.15) is 46.0 Å². The lowest BCUT2D eigenvalue weighted by Crippen LogP contribution is -2.29. The van der Waals surface area contributed by atoms with E-state index in [1.807, 2.05) is 0 Å². The number of rotatable bonds is 2. The van der Waals surface area contributed by atoms with E-state index in [2.05, 4.69) is 13.8 Å². The zero-order valence-electron chi connectivity index (χ0n) is 9.42. The smallest absolute Gasteiger partial charge is 0.0495 e. The minimum Gasteiger partial charge on any atom is -0.396 e. The highest BCUT2D eigenvalue weighted by Gasteiger charge is 2.67. The van der Waals surface area contributed by atoms with Gasteiger partial charge in [-0.1, -0.05) is 20.3 Å². The fourth-order valence-electron chi connectivity index (χ4n) is 4.69. The van der Waals surface area contributed by atoms with Gasteiger partial charge in [0, 0.05) is 12.0 Å². The van der Waals surface area contributed by atoms with Gasteiger partial charge in [-0.15, -0.1) is 0 Å². The topological polar surface area (TPSA) is 20.2 Å². The Morgan fingerprint density at radius 3 is 2.29 bits per heavy atom. The quantitative estimate of drug-likeness (QED) is 0.716. The van der Waals surface area contributed by atoms with Crippen molar-refractivity contribution in [2.75, 3.05) is 6.61 Å². The van der Waals surface area contributed by atoms with Crippen LogP contribution in [0, 0.1) is 28.6 Å². The molecule has 0 aromatic carbocycles. The van der Waals surface area contributed by atoms with Gasteiger partial charge in [0.1, 0.15) is 0 Å². The predicted molar refractivity (Wildman–Crippen MR) is 56.9 cm³/mol. The summed E-state index contributed by atoms with van der Waals surface area (Å²) in [6.07, 6.45) is 7.10. The van der Waals surface area contributed by atoms with Crippen molar-refractivity contribution in [2.45, 2.75) is 46.0 Å². The van der Waals surface area contributed by atoms with Gasteiger partial charge in [-0.2, -0.15) is 0 Å². The molecule has 4 unspecified atom stereocenters.